The summed E-state index contributed by atoms with van der Waals surface area (Å²) in [5.41, 5.74) is 2.54. The third-order valence-corrected chi connectivity index (χ3v) is 2.61. The second-order valence-electron chi connectivity index (χ2n) is 4.18. The van der Waals surface area contributed by atoms with Crippen molar-refractivity contribution >= 4 is 11.8 Å². The van der Waals surface area contributed by atoms with Crippen molar-refractivity contribution in [2.45, 2.75) is 27.2 Å². The summed E-state index contributed by atoms with van der Waals surface area (Å²) in [5.74, 6) is -1.66. The third kappa shape index (κ3) is 2.92. The van der Waals surface area contributed by atoms with E-state index >= 15 is 0 Å². The first-order valence-electron chi connectivity index (χ1n) is 5.25. The van der Waals surface area contributed by atoms with Crippen molar-refractivity contribution in [2.75, 3.05) is 0 Å². The van der Waals surface area contributed by atoms with Crippen LogP contribution in [0.25, 0.3) is 0 Å². The molecule has 0 fully saturated rings. The van der Waals surface area contributed by atoms with E-state index in [0.29, 0.717) is 5.56 Å². The summed E-state index contributed by atoms with van der Waals surface area (Å²) >= 11 is 0. The van der Waals surface area contributed by atoms with E-state index in [2.05, 4.69) is 0 Å². The summed E-state index contributed by atoms with van der Waals surface area (Å²) in [6, 6.07) is 5.63. The molecule has 1 aromatic carbocycles. The van der Waals surface area contributed by atoms with Gasteiger partial charge in [-0.1, -0.05) is 24.6 Å². The highest BCUT2D eigenvalue weighted by molar-refractivity contribution is 5.99. The molecule has 1 N–H and O–H groups in total. The highest BCUT2D eigenvalue weighted by Gasteiger charge is 2.18. The largest absolute Gasteiger partial charge is 0.481 e. The first kappa shape index (κ1) is 12.4. The van der Waals surface area contributed by atoms with E-state index < -0.39 is 11.9 Å². The lowest BCUT2D eigenvalue weighted by Crippen LogP contribution is -2.15. The average Bonchev–Trinajstić information content (AvgIpc) is 2.21. The van der Waals surface area contributed by atoms with Gasteiger partial charge in [-0.3, -0.25) is 9.59 Å². The molecular weight excluding hydrogens is 204 g/mol. The van der Waals surface area contributed by atoms with Crippen molar-refractivity contribution in [1.29, 1.82) is 0 Å². The van der Waals surface area contributed by atoms with Crippen molar-refractivity contribution in [3.8, 4) is 0 Å². The van der Waals surface area contributed by atoms with E-state index in [-0.39, 0.29) is 12.2 Å². The molecule has 0 bridgehead atoms. The first-order valence-corrected chi connectivity index (χ1v) is 5.25. The number of ketones is 1. The van der Waals surface area contributed by atoms with Crippen molar-refractivity contribution in [3.05, 3.63) is 34.9 Å². The third-order valence-electron chi connectivity index (χ3n) is 2.61. The van der Waals surface area contributed by atoms with E-state index in [1.807, 2.05) is 32.0 Å². The standard InChI is InChI=1S/C13H16O3/c1-8-4-5-9(2)11(6-8)12(14)7-10(3)13(15)16/h4-6,10H,7H2,1-3H3,(H,15,16)/t10-/m1/s1. The molecule has 0 unspecified atom stereocenters. The molecule has 86 valence electrons. The summed E-state index contributed by atoms with van der Waals surface area (Å²) < 4.78 is 0. The molecule has 0 spiro atoms. The van der Waals surface area contributed by atoms with Gasteiger partial charge in [0.05, 0.1) is 5.92 Å². The molecule has 1 rings (SSSR count). The number of benzene rings is 1. The van der Waals surface area contributed by atoms with Gasteiger partial charge < -0.3 is 5.11 Å². The molecule has 1 aromatic rings. The second-order valence-corrected chi connectivity index (χ2v) is 4.18. The molecular formula is C13H16O3. The second kappa shape index (κ2) is 4.92. The van der Waals surface area contributed by atoms with Gasteiger partial charge in [0.15, 0.2) is 5.78 Å². The van der Waals surface area contributed by atoms with E-state index in [4.69, 9.17) is 5.11 Å². The first-order chi connectivity index (χ1) is 7.41. The fourth-order valence-corrected chi connectivity index (χ4v) is 1.51. The van der Waals surface area contributed by atoms with Crippen molar-refractivity contribution in [1.82, 2.24) is 0 Å². The number of Topliss-reactive ketones (excluding diaryl/α,β-unsaturated/α-hetero) is 1. The fourth-order valence-electron chi connectivity index (χ4n) is 1.51. The number of aliphatic carboxylic acids is 1. The Morgan fingerprint density at radius 2 is 1.94 bits per heavy atom. The predicted molar refractivity (Wildman–Crippen MR) is 61.7 cm³/mol. The number of hydrogen-bond acceptors (Lipinski definition) is 2. The van der Waals surface area contributed by atoms with Gasteiger partial charge in [-0.2, -0.15) is 0 Å². The highest BCUT2D eigenvalue weighted by Crippen LogP contribution is 2.15. The molecule has 0 aromatic heterocycles. The highest BCUT2D eigenvalue weighted by atomic mass is 16.4. The molecule has 0 saturated heterocycles. The molecule has 16 heavy (non-hydrogen) atoms. The van der Waals surface area contributed by atoms with Crippen molar-refractivity contribution in [3.63, 3.8) is 0 Å². The van der Waals surface area contributed by atoms with Crippen LogP contribution in [0.4, 0.5) is 0 Å². The van der Waals surface area contributed by atoms with E-state index in [1.165, 1.54) is 0 Å². The predicted octanol–water partition coefficient (Wildman–Crippen LogP) is 2.60. The van der Waals surface area contributed by atoms with Gasteiger partial charge in [0.1, 0.15) is 0 Å². The normalized spacial score (nSPS) is 12.2. The van der Waals surface area contributed by atoms with Crippen LogP contribution in [0.1, 0.15) is 34.8 Å². The van der Waals surface area contributed by atoms with Crippen LogP contribution in [-0.2, 0) is 4.79 Å². The van der Waals surface area contributed by atoms with Crippen molar-refractivity contribution in [2.24, 2.45) is 5.92 Å². The van der Waals surface area contributed by atoms with Crippen LogP contribution in [0.15, 0.2) is 18.2 Å². The van der Waals surface area contributed by atoms with Gasteiger partial charge in [-0.05, 0) is 25.5 Å². The van der Waals surface area contributed by atoms with Crippen LogP contribution in [0.2, 0.25) is 0 Å². The maximum atomic E-state index is 11.9. The van der Waals surface area contributed by atoms with Crippen LogP contribution < -0.4 is 0 Å². The quantitative estimate of drug-likeness (QED) is 0.793. The molecule has 0 saturated carbocycles. The Labute approximate surface area is 95.1 Å². The maximum Gasteiger partial charge on any atom is 0.306 e. The number of aryl methyl sites for hydroxylation is 2. The maximum absolute atomic E-state index is 11.9. The molecule has 1 atom stereocenters. The smallest absolute Gasteiger partial charge is 0.306 e. The van der Waals surface area contributed by atoms with Gasteiger partial charge >= 0.3 is 5.97 Å². The van der Waals surface area contributed by atoms with Gasteiger partial charge in [-0.15, -0.1) is 0 Å². The minimum Gasteiger partial charge on any atom is -0.481 e. The Kier molecular flexibility index (Phi) is 3.82. The van der Waals surface area contributed by atoms with E-state index in [0.717, 1.165) is 11.1 Å². The molecule has 0 radical (unpaired) electrons. The van der Waals surface area contributed by atoms with Gasteiger partial charge in [0.25, 0.3) is 0 Å². The Hall–Kier alpha value is -1.64. The SMILES string of the molecule is Cc1ccc(C)c(C(=O)C[C@@H](C)C(=O)O)c1. The summed E-state index contributed by atoms with van der Waals surface area (Å²) in [6.45, 7) is 5.32. The molecule has 0 aliphatic carbocycles. The molecule has 3 nitrogen and oxygen atoms in total. The van der Waals surface area contributed by atoms with E-state index in [1.54, 1.807) is 6.92 Å². The lowest BCUT2D eigenvalue weighted by molar-refractivity contribution is -0.141. The zero-order valence-corrected chi connectivity index (χ0v) is 9.78. The van der Waals surface area contributed by atoms with E-state index in [9.17, 15) is 9.59 Å². The Morgan fingerprint density at radius 3 is 2.50 bits per heavy atom. The molecule has 0 aliphatic rings. The number of rotatable bonds is 4. The summed E-state index contributed by atoms with van der Waals surface area (Å²) in [7, 11) is 0. The van der Waals surface area contributed by atoms with Gasteiger partial charge in [-0.25, -0.2) is 0 Å². The van der Waals surface area contributed by atoms with Crippen LogP contribution in [0.5, 0.6) is 0 Å². The van der Waals surface area contributed by atoms with Gasteiger partial charge in [0.2, 0.25) is 0 Å². The number of carbonyl (C=O) groups is 2. The lowest BCUT2D eigenvalue weighted by Gasteiger charge is -2.08. The fraction of sp³-hybridized carbons (Fsp3) is 0.385. The Morgan fingerprint density at radius 1 is 1.31 bits per heavy atom. The molecule has 0 heterocycles. The zero-order chi connectivity index (χ0) is 12.3. The number of carboxylic acid groups (broad SMARTS) is 1. The van der Waals surface area contributed by atoms with Crippen LogP contribution in [-0.4, -0.2) is 16.9 Å². The number of carboxylic acids is 1. The lowest BCUT2D eigenvalue weighted by atomic mass is 9.95. The zero-order valence-electron chi connectivity index (χ0n) is 9.78. The molecule has 0 aliphatic heterocycles. The topological polar surface area (TPSA) is 54.4 Å². The molecule has 0 amide bonds. The number of carbonyl (C=O) groups excluding carboxylic acids is 1. The summed E-state index contributed by atoms with van der Waals surface area (Å²) in [5, 5.41) is 8.75. The average molecular weight is 220 g/mol. The Balaban J connectivity index is 2.88. The Bertz CT molecular complexity index is 421. The number of hydrogen-bond donors (Lipinski definition) is 1. The van der Waals surface area contributed by atoms with Crippen LogP contribution in [0.3, 0.4) is 0 Å². The monoisotopic (exact) mass is 220 g/mol. The van der Waals surface area contributed by atoms with Gasteiger partial charge in [0, 0.05) is 12.0 Å². The minimum absolute atomic E-state index is 0.0552. The summed E-state index contributed by atoms with van der Waals surface area (Å²) in [4.78, 5) is 22.5. The van der Waals surface area contributed by atoms with Crippen LogP contribution in [0, 0.1) is 19.8 Å². The van der Waals surface area contributed by atoms with Crippen LogP contribution >= 0.6 is 0 Å². The minimum atomic E-state index is -0.932. The summed E-state index contributed by atoms with van der Waals surface area (Å²) in [6.07, 6.45) is 0.0552. The molecule has 3 heteroatoms. The van der Waals surface area contributed by atoms with Crippen molar-refractivity contribution < 1.29 is 14.7 Å².